The van der Waals surface area contributed by atoms with E-state index in [0.717, 1.165) is 19.6 Å². The van der Waals surface area contributed by atoms with Crippen LogP contribution in [0.3, 0.4) is 0 Å². The van der Waals surface area contributed by atoms with Crippen LogP contribution in [0.5, 0.6) is 0 Å². The molecular formula is C13H25FN2O2. The molecule has 1 unspecified atom stereocenters. The third-order valence-corrected chi connectivity index (χ3v) is 3.00. The molecule has 0 aliphatic carbocycles. The number of likely N-dealkylation sites (tertiary alicyclic amines) is 1. The Morgan fingerprint density at radius 2 is 2.11 bits per heavy atom. The van der Waals surface area contributed by atoms with Gasteiger partial charge >= 0.3 is 6.09 Å². The van der Waals surface area contributed by atoms with Crippen LogP contribution in [-0.2, 0) is 4.74 Å². The van der Waals surface area contributed by atoms with E-state index in [-0.39, 0.29) is 18.8 Å². The molecular weight excluding hydrogens is 235 g/mol. The Labute approximate surface area is 109 Å². The zero-order valence-corrected chi connectivity index (χ0v) is 11.8. The molecule has 0 spiro atoms. The third-order valence-electron chi connectivity index (χ3n) is 3.00. The molecule has 2 atom stereocenters. The lowest BCUT2D eigenvalue weighted by molar-refractivity contribution is 0.0497. The summed E-state index contributed by atoms with van der Waals surface area (Å²) in [7, 11) is 0. The Morgan fingerprint density at radius 1 is 1.44 bits per heavy atom. The Balaban J connectivity index is 2.36. The van der Waals surface area contributed by atoms with Crippen LogP contribution in [0.1, 0.15) is 34.1 Å². The summed E-state index contributed by atoms with van der Waals surface area (Å²) in [6, 6.07) is 0.0967. The maximum absolute atomic E-state index is 12.1. The highest BCUT2D eigenvalue weighted by Crippen LogP contribution is 2.17. The lowest BCUT2D eigenvalue weighted by Crippen LogP contribution is -2.42. The van der Waals surface area contributed by atoms with Crippen molar-refractivity contribution in [1.82, 2.24) is 10.2 Å². The second-order valence-corrected chi connectivity index (χ2v) is 6.03. The number of rotatable bonds is 4. The van der Waals surface area contributed by atoms with Crippen molar-refractivity contribution in [1.29, 1.82) is 0 Å². The molecule has 1 saturated heterocycles. The van der Waals surface area contributed by atoms with E-state index in [1.54, 1.807) is 0 Å². The summed E-state index contributed by atoms with van der Waals surface area (Å²) in [5.41, 5.74) is -0.472. The number of nitrogens with one attached hydrogen (secondary N) is 1. The van der Waals surface area contributed by atoms with Gasteiger partial charge in [-0.3, -0.25) is 4.39 Å². The quantitative estimate of drug-likeness (QED) is 0.842. The molecule has 1 aliphatic heterocycles. The molecule has 1 amide bonds. The molecule has 1 aliphatic rings. The van der Waals surface area contributed by atoms with Gasteiger partial charge in [-0.05, 0) is 33.1 Å². The van der Waals surface area contributed by atoms with E-state index in [0.29, 0.717) is 12.3 Å². The number of alkyl halides is 1. The molecule has 0 aromatic rings. The predicted octanol–water partition coefficient (Wildman–Crippen LogP) is 2.19. The fourth-order valence-electron chi connectivity index (χ4n) is 2.18. The Bertz CT molecular complexity index is 279. The minimum Gasteiger partial charge on any atom is -0.444 e. The van der Waals surface area contributed by atoms with Crippen molar-refractivity contribution in [2.75, 3.05) is 26.3 Å². The molecule has 18 heavy (non-hydrogen) atoms. The average Bonchev–Trinajstić information content (AvgIpc) is 2.53. The number of halogens is 1. The number of carbonyl (C=O) groups is 1. The molecule has 0 radical (unpaired) electrons. The van der Waals surface area contributed by atoms with Crippen molar-refractivity contribution >= 4 is 6.09 Å². The molecule has 0 bridgehead atoms. The summed E-state index contributed by atoms with van der Waals surface area (Å²) >= 11 is 0. The minimum absolute atomic E-state index is 0.0967. The fourth-order valence-corrected chi connectivity index (χ4v) is 2.18. The topological polar surface area (TPSA) is 41.6 Å². The monoisotopic (exact) mass is 260 g/mol. The van der Waals surface area contributed by atoms with E-state index in [9.17, 15) is 9.18 Å². The predicted molar refractivity (Wildman–Crippen MR) is 69.4 cm³/mol. The number of hydrogen-bond donors (Lipinski definition) is 1. The van der Waals surface area contributed by atoms with Gasteiger partial charge < -0.3 is 15.0 Å². The van der Waals surface area contributed by atoms with Crippen molar-refractivity contribution in [3.8, 4) is 0 Å². The SMILES string of the molecule is C[C@@H]1CN(CCCF)CC1NC(=O)OC(C)(C)C. The number of amides is 1. The van der Waals surface area contributed by atoms with Crippen molar-refractivity contribution in [3.05, 3.63) is 0 Å². The van der Waals surface area contributed by atoms with Gasteiger partial charge in [0.05, 0.1) is 6.67 Å². The van der Waals surface area contributed by atoms with Gasteiger partial charge in [0.25, 0.3) is 0 Å². The normalized spacial score (nSPS) is 25.2. The number of carbonyl (C=O) groups excluding carboxylic acids is 1. The highest BCUT2D eigenvalue weighted by Gasteiger charge is 2.31. The lowest BCUT2D eigenvalue weighted by Gasteiger charge is -2.23. The number of alkyl carbamates (subject to hydrolysis) is 1. The van der Waals surface area contributed by atoms with Gasteiger partial charge in [0.15, 0.2) is 0 Å². The van der Waals surface area contributed by atoms with E-state index in [1.807, 2.05) is 20.8 Å². The van der Waals surface area contributed by atoms with Crippen LogP contribution >= 0.6 is 0 Å². The molecule has 0 aromatic heterocycles. The molecule has 0 aromatic carbocycles. The van der Waals surface area contributed by atoms with Crippen molar-refractivity contribution in [2.24, 2.45) is 5.92 Å². The second kappa shape index (κ2) is 6.36. The van der Waals surface area contributed by atoms with Gasteiger partial charge in [-0.15, -0.1) is 0 Å². The van der Waals surface area contributed by atoms with Crippen molar-refractivity contribution in [3.63, 3.8) is 0 Å². The summed E-state index contributed by atoms with van der Waals surface area (Å²) in [5.74, 6) is 0.372. The lowest BCUT2D eigenvalue weighted by atomic mass is 10.1. The highest BCUT2D eigenvalue weighted by molar-refractivity contribution is 5.68. The van der Waals surface area contributed by atoms with Crippen LogP contribution in [0, 0.1) is 5.92 Å². The van der Waals surface area contributed by atoms with Crippen LogP contribution in [0.15, 0.2) is 0 Å². The van der Waals surface area contributed by atoms with Crippen molar-refractivity contribution < 1.29 is 13.9 Å². The van der Waals surface area contributed by atoms with Gasteiger partial charge in [-0.2, -0.15) is 0 Å². The highest BCUT2D eigenvalue weighted by atomic mass is 19.1. The fraction of sp³-hybridized carbons (Fsp3) is 0.923. The van der Waals surface area contributed by atoms with Crippen LogP contribution < -0.4 is 5.32 Å². The molecule has 1 N–H and O–H groups in total. The van der Waals surface area contributed by atoms with E-state index in [1.165, 1.54) is 0 Å². The van der Waals surface area contributed by atoms with Gasteiger partial charge in [-0.25, -0.2) is 4.79 Å². The van der Waals surface area contributed by atoms with Gasteiger partial charge in [0.2, 0.25) is 0 Å². The number of nitrogens with zero attached hydrogens (tertiary/aromatic N) is 1. The molecule has 5 heteroatoms. The first-order chi connectivity index (χ1) is 8.31. The summed E-state index contributed by atoms with van der Waals surface area (Å²) in [6.45, 7) is 9.79. The summed E-state index contributed by atoms with van der Waals surface area (Å²) in [4.78, 5) is 13.9. The molecule has 1 fully saturated rings. The van der Waals surface area contributed by atoms with Crippen molar-refractivity contribution in [2.45, 2.75) is 45.8 Å². The summed E-state index contributed by atoms with van der Waals surface area (Å²) in [6.07, 6.45) is 0.193. The minimum atomic E-state index is -0.472. The van der Waals surface area contributed by atoms with Gasteiger partial charge in [0.1, 0.15) is 5.60 Å². The van der Waals surface area contributed by atoms with E-state index >= 15 is 0 Å². The largest absolute Gasteiger partial charge is 0.444 e. The Kier molecular flexibility index (Phi) is 5.38. The smallest absolute Gasteiger partial charge is 0.407 e. The van der Waals surface area contributed by atoms with Crippen LogP contribution in [0.25, 0.3) is 0 Å². The maximum Gasteiger partial charge on any atom is 0.407 e. The van der Waals surface area contributed by atoms with E-state index in [2.05, 4.69) is 17.1 Å². The molecule has 4 nitrogen and oxygen atoms in total. The molecule has 1 heterocycles. The average molecular weight is 260 g/mol. The summed E-state index contributed by atoms with van der Waals surface area (Å²) in [5, 5.41) is 2.90. The van der Waals surface area contributed by atoms with Gasteiger partial charge in [-0.1, -0.05) is 6.92 Å². The number of hydrogen-bond acceptors (Lipinski definition) is 3. The summed E-state index contributed by atoms with van der Waals surface area (Å²) < 4.78 is 17.4. The third kappa shape index (κ3) is 5.21. The van der Waals surface area contributed by atoms with E-state index in [4.69, 9.17) is 4.74 Å². The Hall–Kier alpha value is -0.840. The maximum atomic E-state index is 12.1. The van der Waals surface area contributed by atoms with E-state index < -0.39 is 5.60 Å². The van der Waals surface area contributed by atoms with Crippen LogP contribution in [0.2, 0.25) is 0 Å². The second-order valence-electron chi connectivity index (χ2n) is 6.03. The number of ether oxygens (including phenoxy) is 1. The van der Waals surface area contributed by atoms with Crippen LogP contribution in [-0.4, -0.2) is 48.9 Å². The molecule has 106 valence electrons. The molecule has 0 saturated carbocycles. The zero-order valence-electron chi connectivity index (χ0n) is 11.8. The van der Waals surface area contributed by atoms with Crippen LogP contribution in [0.4, 0.5) is 9.18 Å². The van der Waals surface area contributed by atoms with Gasteiger partial charge in [0, 0.05) is 25.7 Å². The molecule has 1 rings (SSSR count). The first kappa shape index (κ1) is 15.2. The standard InChI is InChI=1S/C13H25FN2O2/c1-10-8-16(7-5-6-14)9-11(10)15-12(17)18-13(2,3)4/h10-11H,5-9H2,1-4H3,(H,15,17)/t10-,11?/m1/s1. The zero-order chi connectivity index (χ0) is 13.8. The first-order valence-corrected chi connectivity index (χ1v) is 6.59. The Morgan fingerprint density at radius 3 is 2.67 bits per heavy atom. The first-order valence-electron chi connectivity index (χ1n) is 6.59.